The molecular weight excluding hydrogens is 424 g/mol. The number of benzene rings is 3. The maximum Gasteiger partial charge on any atom is 0.310 e. The van der Waals surface area contributed by atoms with E-state index in [2.05, 4.69) is 47.1 Å². The van der Waals surface area contributed by atoms with Gasteiger partial charge >= 0.3 is 5.97 Å². The van der Waals surface area contributed by atoms with Crippen LogP contribution in [0.2, 0.25) is 0 Å². The van der Waals surface area contributed by atoms with E-state index in [1.54, 1.807) is 6.92 Å². The molecule has 0 amide bonds. The number of para-hydroxylation sites is 1. The fourth-order valence-corrected chi connectivity index (χ4v) is 4.46. The van der Waals surface area contributed by atoms with Gasteiger partial charge in [-0.15, -0.1) is 0 Å². The third-order valence-electron chi connectivity index (χ3n) is 6.58. The molecule has 0 fully saturated rings. The highest BCUT2D eigenvalue weighted by Crippen LogP contribution is 2.33. The second-order valence-corrected chi connectivity index (χ2v) is 8.90. The van der Waals surface area contributed by atoms with Gasteiger partial charge in [-0.3, -0.25) is 4.79 Å². The van der Waals surface area contributed by atoms with E-state index in [-0.39, 0.29) is 18.0 Å². The van der Waals surface area contributed by atoms with Gasteiger partial charge < -0.3 is 21.1 Å². The average Bonchev–Trinajstić information content (AvgIpc) is 2.88. The van der Waals surface area contributed by atoms with Crippen LogP contribution in [0, 0.1) is 11.3 Å². The zero-order chi connectivity index (χ0) is 24.1. The molecular formula is C28H30N4O2. The van der Waals surface area contributed by atoms with Gasteiger partial charge in [0.1, 0.15) is 6.07 Å². The predicted octanol–water partition coefficient (Wildman–Crippen LogP) is 5.09. The van der Waals surface area contributed by atoms with Crippen molar-refractivity contribution < 1.29 is 9.90 Å². The summed E-state index contributed by atoms with van der Waals surface area (Å²) in [4.78, 5) is 11.4. The highest BCUT2D eigenvalue weighted by molar-refractivity contribution is 5.77. The van der Waals surface area contributed by atoms with Gasteiger partial charge in [-0.1, -0.05) is 67.6 Å². The maximum absolute atomic E-state index is 11.4. The van der Waals surface area contributed by atoms with Crippen LogP contribution < -0.4 is 16.0 Å². The number of nitriles is 1. The van der Waals surface area contributed by atoms with Gasteiger partial charge in [0.05, 0.1) is 34.9 Å². The van der Waals surface area contributed by atoms with Crippen LogP contribution in [-0.4, -0.2) is 30.2 Å². The molecule has 4 N–H and O–H groups in total. The third kappa shape index (κ3) is 5.05. The Kier molecular flexibility index (Phi) is 7.15. The molecule has 34 heavy (non-hydrogen) atoms. The van der Waals surface area contributed by atoms with Crippen molar-refractivity contribution in [1.82, 2.24) is 5.32 Å². The summed E-state index contributed by atoms with van der Waals surface area (Å²) in [5.41, 5.74) is 5.50. The Morgan fingerprint density at radius 1 is 1.06 bits per heavy atom. The molecule has 3 aromatic rings. The van der Waals surface area contributed by atoms with Crippen molar-refractivity contribution in [2.75, 3.05) is 23.7 Å². The van der Waals surface area contributed by atoms with Crippen molar-refractivity contribution in [1.29, 1.82) is 5.26 Å². The molecule has 0 aliphatic carbocycles. The standard InChI is InChI=1S/C28H30N4O2/c1-18(21-10-6-11-22(14-21)19(2)28(33)34)16-31-26(20-8-4-3-5-9-20)25-17-30-24-13-7-12-23(15-29)27(24)32-25/h3-14,18-19,25-26,30-32H,16-17H2,1-2H3,(H,33,34)/t18-,19-,25+,26+/m0/s1. The summed E-state index contributed by atoms with van der Waals surface area (Å²) in [7, 11) is 0. The van der Waals surface area contributed by atoms with Crippen molar-refractivity contribution in [2.24, 2.45) is 0 Å². The molecule has 0 aromatic heterocycles. The summed E-state index contributed by atoms with van der Waals surface area (Å²) < 4.78 is 0. The fraction of sp³-hybridized carbons (Fsp3) is 0.286. The van der Waals surface area contributed by atoms with Crippen LogP contribution in [0.25, 0.3) is 0 Å². The Morgan fingerprint density at radius 2 is 1.76 bits per heavy atom. The number of nitrogens with one attached hydrogen (secondary N) is 3. The van der Waals surface area contributed by atoms with Crippen LogP contribution in [0.5, 0.6) is 0 Å². The number of hydrogen-bond acceptors (Lipinski definition) is 5. The second kappa shape index (κ2) is 10.4. The summed E-state index contributed by atoms with van der Waals surface area (Å²) in [5.74, 6) is -1.17. The summed E-state index contributed by atoms with van der Waals surface area (Å²) in [5, 5.41) is 29.8. The van der Waals surface area contributed by atoms with Crippen LogP contribution in [0.4, 0.5) is 11.4 Å². The molecule has 0 saturated carbocycles. The molecule has 3 aromatic carbocycles. The monoisotopic (exact) mass is 454 g/mol. The largest absolute Gasteiger partial charge is 0.481 e. The van der Waals surface area contributed by atoms with Crippen LogP contribution in [0.1, 0.15) is 54.0 Å². The van der Waals surface area contributed by atoms with Crippen LogP contribution in [-0.2, 0) is 4.79 Å². The lowest BCUT2D eigenvalue weighted by atomic mass is 9.92. The second-order valence-electron chi connectivity index (χ2n) is 8.90. The first kappa shape index (κ1) is 23.3. The van der Waals surface area contributed by atoms with Gasteiger partial charge in [0.25, 0.3) is 0 Å². The van der Waals surface area contributed by atoms with Gasteiger partial charge in [0, 0.05) is 13.1 Å². The number of nitrogens with zero attached hydrogens (tertiary/aromatic N) is 1. The Balaban J connectivity index is 1.54. The van der Waals surface area contributed by atoms with E-state index < -0.39 is 11.9 Å². The van der Waals surface area contributed by atoms with Crippen molar-refractivity contribution in [3.05, 3.63) is 95.1 Å². The number of anilines is 2. The third-order valence-corrected chi connectivity index (χ3v) is 6.58. The molecule has 0 radical (unpaired) electrons. The molecule has 1 heterocycles. The number of carbonyl (C=O) groups is 1. The SMILES string of the molecule is C[C@H](C(=O)O)c1cccc([C@@H](C)CN[C@H](c2ccccc2)[C@H]2CNc3cccc(C#N)c3N2)c1. The van der Waals surface area contributed by atoms with Crippen molar-refractivity contribution in [3.63, 3.8) is 0 Å². The highest BCUT2D eigenvalue weighted by atomic mass is 16.4. The summed E-state index contributed by atoms with van der Waals surface area (Å²) >= 11 is 0. The van der Waals surface area contributed by atoms with Crippen molar-refractivity contribution in [3.8, 4) is 6.07 Å². The minimum atomic E-state index is -0.819. The number of carboxylic acid groups (broad SMARTS) is 1. The molecule has 0 saturated heterocycles. The topological polar surface area (TPSA) is 97.2 Å². The zero-order valence-corrected chi connectivity index (χ0v) is 19.5. The zero-order valence-electron chi connectivity index (χ0n) is 19.5. The van der Waals surface area contributed by atoms with E-state index in [0.717, 1.165) is 29.0 Å². The van der Waals surface area contributed by atoms with Gasteiger partial charge in [-0.2, -0.15) is 5.26 Å². The van der Waals surface area contributed by atoms with Crippen molar-refractivity contribution >= 4 is 17.3 Å². The minimum absolute atomic E-state index is 0.0113. The lowest BCUT2D eigenvalue weighted by Crippen LogP contribution is -2.45. The molecule has 0 spiro atoms. The van der Waals surface area contributed by atoms with Crippen LogP contribution in [0.15, 0.2) is 72.8 Å². The van der Waals surface area contributed by atoms with Crippen LogP contribution >= 0.6 is 0 Å². The molecule has 4 atom stereocenters. The Hall–Kier alpha value is -3.82. The number of fused-ring (bicyclic) bond motifs is 1. The smallest absolute Gasteiger partial charge is 0.310 e. The first-order valence-electron chi connectivity index (χ1n) is 11.6. The molecule has 1 aliphatic heterocycles. The van der Waals surface area contributed by atoms with Gasteiger partial charge in [-0.25, -0.2) is 0 Å². The molecule has 0 unspecified atom stereocenters. The van der Waals surface area contributed by atoms with Gasteiger partial charge in [0.15, 0.2) is 0 Å². The summed E-state index contributed by atoms with van der Waals surface area (Å²) in [6, 6.07) is 26.2. The fourth-order valence-electron chi connectivity index (χ4n) is 4.46. The number of carboxylic acids is 1. The maximum atomic E-state index is 11.4. The molecule has 4 rings (SSSR count). The van der Waals surface area contributed by atoms with E-state index in [1.807, 2.05) is 54.6 Å². The average molecular weight is 455 g/mol. The van der Waals surface area contributed by atoms with Gasteiger partial charge in [-0.05, 0) is 41.7 Å². The lowest BCUT2D eigenvalue weighted by Gasteiger charge is -2.36. The Labute approximate surface area is 200 Å². The van der Waals surface area contributed by atoms with E-state index in [4.69, 9.17) is 0 Å². The minimum Gasteiger partial charge on any atom is -0.481 e. The van der Waals surface area contributed by atoms with Crippen molar-refractivity contribution in [2.45, 2.75) is 37.8 Å². The highest BCUT2D eigenvalue weighted by Gasteiger charge is 2.28. The molecule has 6 heteroatoms. The summed E-state index contributed by atoms with van der Waals surface area (Å²) in [6.45, 7) is 5.30. The Morgan fingerprint density at radius 3 is 2.50 bits per heavy atom. The lowest BCUT2D eigenvalue weighted by molar-refractivity contribution is -0.138. The first-order chi connectivity index (χ1) is 16.5. The number of hydrogen-bond donors (Lipinski definition) is 4. The number of rotatable bonds is 8. The van der Waals surface area contributed by atoms with E-state index in [1.165, 1.54) is 5.56 Å². The quantitative estimate of drug-likeness (QED) is 0.379. The van der Waals surface area contributed by atoms with E-state index in [0.29, 0.717) is 12.1 Å². The Bertz CT molecular complexity index is 1190. The molecule has 174 valence electrons. The molecule has 6 nitrogen and oxygen atoms in total. The van der Waals surface area contributed by atoms with E-state index in [9.17, 15) is 15.2 Å². The predicted molar refractivity (Wildman–Crippen MR) is 135 cm³/mol. The summed E-state index contributed by atoms with van der Waals surface area (Å²) in [6.07, 6.45) is 0. The molecule has 0 bridgehead atoms. The van der Waals surface area contributed by atoms with Gasteiger partial charge in [0.2, 0.25) is 0 Å². The molecule has 1 aliphatic rings. The first-order valence-corrected chi connectivity index (χ1v) is 11.6. The van der Waals surface area contributed by atoms with E-state index >= 15 is 0 Å². The normalized spacial score (nSPS) is 17.3. The number of aliphatic carboxylic acids is 1. The van der Waals surface area contributed by atoms with Crippen LogP contribution in [0.3, 0.4) is 0 Å².